The van der Waals surface area contributed by atoms with E-state index in [9.17, 15) is 9.59 Å². The van der Waals surface area contributed by atoms with Gasteiger partial charge in [0.25, 0.3) is 11.8 Å². The number of imidazole rings is 2. The van der Waals surface area contributed by atoms with Gasteiger partial charge < -0.3 is 33.6 Å². The molecular formula is C20H24N14O2S2. The van der Waals surface area contributed by atoms with E-state index in [1.807, 2.05) is 10.8 Å². The highest BCUT2D eigenvalue weighted by Gasteiger charge is 2.23. The molecule has 0 atom stereocenters. The molecule has 0 bridgehead atoms. The van der Waals surface area contributed by atoms with Crippen LogP contribution in [0.15, 0.2) is 43.6 Å². The third kappa shape index (κ3) is 5.44. The Morgan fingerprint density at radius 2 is 1.16 bits per heavy atom. The van der Waals surface area contributed by atoms with Gasteiger partial charge in [0.15, 0.2) is 21.3 Å². The van der Waals surface area contributed by atoms with Crippen molar-refractivity contribution in [2.24, 2.45) is 43.3 Å². The summed E-state index contributed by atoms with van der Waals surface area (Å²) < 4.78 is 3.45. The highest BCUT2D eigenvalue weighted by molar-refractivity contribution is 7.15. The SMILES string of the molecule is C/C(=N/N=C(N)N)c1c(C(=O)NCCNC(=O)c2nc3sccn3c2/C(C)=N/N=C(N)N)nc2sccn12. The number of fused-ring (bicyclic) bond motifs is 2. The van der Waals surface area contributed by atoms with E-state index >= 15 is 0 Å². The first-order valence-electron chi connectivity index (χ1n) is 10.9. The summed E-state index contributed by atoms with van der Waals surface area (Å²) in [7, 11) is 0. The minimum atomic E-state index is -0.451. The topological polar surface area (TPSA) is 246 Å². The van der Waals surface area contributed by atoms with Crippen molar-refractivity contribution < 1.29 is 9.59 Å². The summed E-state index contributed by atoms with van der Waals surface area (Å²) in [5, 5.41) is 24.4. The van der Waals surface area contributed by atoms with Crippen LogP contribution in [0.2, 0.25) is 0 Å². The molecule has 0 spiro atoms. The average molecular weight is 557 g/mol. The number of nitrogens with one attached hydrogen (secondary N) is 2. The summed E-state index contributed by atoms with van der Waals surface area (Å²) in [5.41, 5.74) is 23.4. The maximum Gasteiger partial charge on any atom is 0.272 e. The van der Waals surface area contributed by atoms with Crippen LogP contribution >= 0.6 is 22.7 Å². The molecule has 0 aromatic carbocycles. The monoisotopic (exact) mass is 556 g/mol. The van der Waals surface area contributed by atoms with Crippen LogP contribution in [0.25, 0.3) is 9.92 Å². The van der Waals surface area contributed by atoms with E-state index < -0.39 is 11.8 Å². The van der Waals surface area contributed by atoms with Crippen molar-refractivity contribution >= 4 is 67.8 Å². The van der Waals surface area contributed by atoms with Crippen LogP contribution in [0.4, 0.5) is 0 Å². The zero-order valence-electron chi connectivity index (χ0n) is 20.2. The number of hydrogen-bond acceptors (Lipinski definition) is 10. The van der Waals surface area contributed by atoms with Crippen molar-refractivity contribution in [1.29, 1.82) is 0 Å². The van der Waals surface area contributed by atoms with E-state index in [0.717, 1.165) is 0 Å². The molecule has 0 aliphatic rings. The quantitative estimate of drug-likeness (QED) is 0.0661. The molecular weight excluding hydrogens is 532 g/mol. The first kappa shape index (κ1) is 26.2. The molecule has 0 aliphatic heterocycles. The van der Waals surface area contributed by atoms with Crippen LogP contribution in [0.3, 0.4) is 0 Å². The van der Waals surface area contributed by atoms with Crippen LogP contribution in [0.1, 0.15) is 46.2 Å². The number of carbonyl (C=O) groups is 2. The van der Waals surface area contributed by atoms with Crippen molar-refractivity contribution in [2.45, 2.75) is 13.8 Å². The predicted molar refractivity (Wildman–Crippen MR) is 147 cm³/mol. The van der Waals surface area contributed by atoms with Crippen LogP contribution in [-0.4, -0.2) is 67.0 Å². The maximum atomic E-state index is 12.9. The summed E-state index contributed by atoms with van der Waals surface area (Å²) in [4.78, 5) is 35.9. The molecule has 0 saturated carbocycles. The summed E-state index contributed by atoms with van der Waals surface area (Å²) in [6.07, 6.45) is 3.53. The molecule has 16 nitrogen and oxygen atoms in total. The van der Waals surface area contributed by atoms with Crippen molar-refractivity contribution in [1.82, 2.24) is 29.4 Å². The largest absolute Gasteiger partial charge is 0.369 e. The van der Waals surface area contributed by atoms with Crippen molar-refractivity contribution in [3.05, 3.63) is 45.9 Å². The van der Waals surface area contributed by atoms with Gasteiger partial charge in [-0.25, -0.2) is 9.97 Å². The van der Waals surface area contributed by atoms with Gasteiger partial charge in [0.05, 0.1) is 11.4 Å². The summed E-state index contributed by atoms with van der Waals surface area (Å²) in [6.45, 7) is 3.57. The third-order valence-electron chi connectivity index (χ3n) is 4.97. The van der Waals surface area contributed by atoms with Crippen molar-refractivity contribution in [3.8, 4) is 0 Å². The second-order valence-corrected chi connectivity index (χ2v) is 9.41. The highest BCUT2D eigenvalue weighted by atomic mass is 32.1. The second-order valence-electron chi connectivity index (χ2n) is 7.66. The molecule has 4 aromatic rings. The molecule has 18 heteroatoms. The summed E-state index contributed by atoms with van der Waals surface area (Å²) >= 11 is 2.71. The molecule has 38 heavy (non-hydrogen) atoms. The Bertz CT molecular complexity index is 1500. The predicted octanol–water partition coefficient (Wildman–Crippen LogP) is -0.740. The van der Waals surface area contributed by atoms with E-state index in [-0.39, 0.29) is 36.4 Å². The summed E-state index contributed by atoms with van der Waals surface area (Å²) in [6, 6.07) is 0. The number of thiazole rings is 2. The number of hydrogen-bond donors (Lipinski definition) is 6. The van der Waals surface area contributed by atoms with Gasteiger partial charge in [-0.05, 0) is 13.8 Å². The fourth-order valence-corrected chi connectivity index (χ4v) is 4.89. The number of rotatable bonds is 9. The number of amides is 2. The lowest BCUT2D eigenvalue weighted by molar-refractivity contribution is 0.0923. The third-order valence-corrected chi connectivity index (χ3v) is 6.48. The van der Waals surface area contributed by atoms with Gasteiger partial charge in [0.1, 0.15) is 11.4 Å². The molecule has 2 amide bonds. The van der Waals surface area contributed by atoms with Crippen LogP contribution in [0, 0.1) is 0 Å². The lowest BCUT2D eigenvalue weighted by atomic mass is 10.2. The Kier molecular flexibility index (Phi) is 7.63. The molecule has 4 heterocycles. The number of guanidine groups is 2. The Labute approximate surface area is 222 Å². The Hall–Kier alpha value is -4.84. The van der Waals surface area contributed by atoms with Crippen molar-refractivity contribution in [2.75, 3.05) is 13.1 Å². The molecule has 0 radical (unpaired) electrons. The second kappa shape index (κ2) is 11.0. The Morgan fingerprint density at radius 3 is 1.53 bits per heavy atom. The van der Waals surface area contributed by atoms with Gasteiger partial charge >= 0.3 is 0 Å². The lowest BCUT2D eigenvalue weighted by Gasteiger charge is -2.08. The Morgan fingerprint density at radius 1 is 0.763 bits per heavy atom. The van der Waals surface area contributed by atoms with E-state index in [4.69, 9.17) is 22.9 Å². The zero-order chi connectivity index (χ0) is 27.4. The molecule has 4 aromatic heterocycles. The van der Waals surface area contributed by atoms with Gasteiger partial charge in [0.2, 0.25) is 11.9 Å². The highest BCUT2D eigenvalue weighted by Crippen LogP contribution is 2.20. The fourth-order valence-electron chi connectivity index (χ4n) is 3.46. The zero-order valence-corrected chi connectivity index (χ0v) is 21.9. The van der Waals surface area contributed by atoms with E-state index in [0.29, 0.717) is 32.7 Å². The van der Waals surface area contributed by atoms with Gasteiger partial charge in [-0.1, -0.05) is 0 Å². The number of nitrogens with two attached hydrogens (primary N) is 4. The molecule has 10 N–H and O–H groups in total. The lowest BCUT2D eigenvalue weighted by Crippen LogP contribution is -2.36. The first-order chi connectivity index (χ1) is 18.2. The molecule has 0 unspecified atom stereocenters. The number of aromatic nitrogens is 4. The minimum Gasteiger partial charge on any atom is -0.369 e. The first-order valence-corrected chi connectivity index (χ1v) is 12.7. The molecule has 198 valence electrons. The van der Waals surface area contributed by atoms with Gasteiger partial charge in [-0.15, -0.1) is 32.9 Å². The average Bonchev–Trinajstić information content (AvgIpc) is 3.63. The molecule has 0 aliphatic carbocycles. The smallest absolute Gasteiger partial charge is 0.272 e. The van der Waals surface area contributed by atoms with Crippen molar-refractivity contribution in [3.63, 3.8) is 0 Å². The van der Waals surface area contributed by atoms with Crippen LogP contribution in [-0.2, 0) is 0 Å². The maximum absolute atomic E-state index is 12.9. The van der Waals surface area contributed by atoms with E-state index in [2.05, 4.69) is 41.0 Å². The van der Waals surface area contributed by atoms with Crippen LogP contribution in [0.5, 0.6) is 0 Å². The number of nitrogens with zero attached hydrogens (tertiary/aromatic N) is 8. The van der Waals surface area contributed by atoms with Crippen LogP contribution < -0.4 is 33.6 Å². The fraction of sp³-hybridized carbons (Fsp3) is 0.200. The Balaban J connectivity index is 1.45. The van der Waals surface area contributed by atoms with E-state index in [1.165, 1.54) is 22.7 Å². The van der Waals surface area contributed by atoms with Gasteiger partial charge in [-0.2, -0.15) is 10.2 Å². The van der Waals surface area contributed by atoms with Gasteiger partial charge in [0, 0.05) is 36.2 Å². The van der Waals surface area contributed by atoms with E-state index in [1.54, 1.807) is 35.0 Å². The normalized spacial score (nSPS) is 12.1. The standard InChI is InChI=1S/C20H24N14O2S2/c1-9(29-31-17(21)22)13-11(27-19-33(13)5-7-37-19)15(35)25-3-4-26-16(36)12-14(10(2)30-32-18(23)24)34-6-8-38-20(34)28-12/h5-8H,3-4H2,1-2H3,(H,25,35)(H,26,36)(H4,21,22,31)(H4,23,24,32)/b29-9-,30-10+. The minimum absolute atomic E-state index is 0.123. The molecule has 0 saturated heterocycles. The van der Waals surface area contributed by atoms with Gasteiger partial charge in [-0.3, -0.25) is 18.4 Å². The molecule has 4 rings (SSSR count). The summed E-state index contributed by atoms with van der Waals surface area (Å²) in [5.74, 6) is -1.33. The molecule has 0 fully saturated rings. The number of carbonyl (C=O) groups excluding carboxylic acids is 2.